The highest BCUT2D eigenvalue weighted by Gasteiger charge is 2.37. The average molecular weight is 514 g/mol. The molecule has 1 aliphatic carbocycles. The zero-order valence-corrected chi connectivity index (χ0v) is 22.8. The van der Waals surface area contributed by atoms with Crippen LogP contribution in [0.1, 0.15) is 99.9 Å². The molecule has 1 saturated heterocycles. The van der Waals surface area contributed by atoms with Crippen molar-refractivity contribution in [2.24, 2.45) is 5.41 Å². The van der Waals surface area contributed by atoms with E-state index in [1.807, 2.05) is 30.8 Å². The van der Waals surface area contributed by atoms with Crippen LogP contribution in [0.4, 0.5) is 0 Å². The van der Waals surface area contributed by atoms with Gasteiger partial charge in [0.2, 0.25) is 12.3 Å². The fourth-order valence-electron chi connectivity index (χ4n) is 6.42. The van der Waals surface area contributed by atoms with E-state index in [0.29, 0.717) is 30.4 Å². The Balaban J connectivity index is 1.20. The monoisotopic (exact) mass is 513 g/mol. The number of fused-ring (bicyclic) bond motifs is 1. The van der Waals surface area contributed by atoms with Crippen molar-refractivity contribution in [3.8, 4) is 0 Å². The van der Waals surface area contributed by atoms with Gasteiger partial charge in [-0.2, -0.15) is 0 Å². The molecule has 0 aromatic heterocycles. The number of hydrogen-bond donors (Lipinski definition) is 1. The predicted molar refractivity (Wildman–Crippen MR) is 145 cm³/mol. The molecule has 2 heterocycles. The van der Waals surface area contributed by atoms with Crippen molar-refractivity contribution in [3.63, 3.8) is 0 Å². The van der Waals surface area contributed by atoms with Crippen LogP contribution >= 0.6 is 11.8 Å². The lowest BCUT2D eigenvalue weighted by molar-refractivity contribution is -0.129. The zero-order valence-electron chi connectivity index (χ0n) is 21.9. The van der Waals surface area contributed by atoms with Crippen LogP contribution in [0.15, 0.2) is 23.1 Å². The van der Waals surface area contributed by atoms with E-state index in [4.69, 9.17) is 0 Å². The van der Waals surface area contributed by atoms with Crippen molar-refractivity contribution >= 4 is 30.0 Å². The van der Waals surface area contributed by atoms with Crippen LogP contribution < -0.4 is 5.32 Å². The van der Waals surface area contributed by atoms with Crippen molar-refractivity contribution < 1.29 is 14.4 Å². The summed E-state index contributed by atoms with van der Waals surface area (Å²) >= 11 is 1.83. The maximum Gasteiger partial charge on any atom is 0.255 e. The standard InChI is InChI=1S/C29H43N3O3S/c1-2-10-25(27(34)30-22-33)32-21-24-23(28(32)35)11-9-12-26(24)36-20-8-4-7-17-31-18-15-29(16-19-31)13-5-3-6-14-29/h9,11-12,22,25H,2-8,10,13-21H2,1H3,(H,30,33,34). The second-order valence-electron chi connectivity index (χ2n) is 11.0. The van der Waals surface area contributed by atoms with Gasteiger partial charge in [-0.3, -0.25) is 19.7 Å². The molecule has 1 aromatic rings. The molecule has 1 atom stereocenters. The number of imide groups is 1. The van der Waals surface area contributed by atoms with E-state index in [-0.39, 0.29) is 5.91 Å². The SMILES string of the molecule is CCCC(C(=O)NC=O)N1Cc2c(SCCCCCN3CCC4(CCCCC4)CC3)cccc2C1=O. The van der Waals surface area contributed by atoms with Crippen molar-refractivity contribution in [1.29, 1.82) is 0 Å². The van der Waals surface area contributed by atoms with Gasteiger partial charge < -0.3 is 9.80 Å². The summed E-state index contributed by atoms with van der Waals surface area (Å²) in [6.07, 6.45) is 15.5. The molecule has 3 aliphatic rings. The topological polar surface area (TPSA) is 69.7 Å². The number of likely N-dealkylation sites (tertiary alicyclic amines) is 1. The summed E-state index contributed by atoms with van der Waals surface area (Å²) in [4.78, 5) is 41.8. The van der Waals surface area contributed by atoms with Crippen molar-refractivity contribution in [3.05, 3.63) is 29.3 Å². The summed E-state index contributed by atoms with van der Waals surface area (Å²) in [5.74, 6) is 0.533. The van der Waals surface area contributed by atoms with Gasteiger partial charge in [0.1, 0.15) is 6.04 Å². The first-order valence-corrected chi connectivity index (χ1v) is 15.1. The molecule has 0 bridgehead atoms. The highest BCUT2D eigenvalue weighted by atomic mass is 32.2. The van der Waals surface area contributed by atoms with E-state index in [0.717, 1.165) is 22.6 Å². The Morgan fingerprint density at radius 1 is 1.11 bits per heavy atom. The lowest BCUT2D eigenvalue weighted by atomic mass is 9.68. The molecule has 0 radical (unpaired) electrons. The van der Waals surface area contributed by atoms with Crippen molar-refractivity contribution in [1.82, 2.24) is 15.1 Å². The summed E-state index contributed by atoms with van der Waals surface area (Å²) in [6.45, 7) is 6.23. The van der Waals surface area contributed by atoms with Gasteiger partial charge in [-0.05, 0) is 93.4 Å². The van der Waals surface area contributed by atoms with Gasteiger partial charge in [-0.25, -0.2) is 0 Å². The summed E-state index contributed by atoms with van der Waals surface area (Å²) in [5.41, 5.74) is 2.41. The van der Waals surface area contributed by atoms with Gasteiger partial charge in [0.15, 0.2) is 0 Å². The molecule has 7 heteroatoms. The van der Waals surface area contributed by atoms with Crippen LogP contribution in [0.5, 0.6) is 0 Å². The van der Waals surface area contributed by atoms with E-state index in [1.54, 1.807) is 4.90 Å². The summed E-state index contributed by atoms with van der Waals surface area (Å²) in [6, 6.07) is 5.28. The van der Waals surface area contributed by atoms with Crippen LogP contribution in [-0.4, -0.2) is 59.5 Å². The van der Waals surface area contributed by atoms with Gasteiger partial charge in [0.25, 0.3) is 5.91 Å². The fourth-order valence-corrected chi connectivity index (χ4v) is 7.51. The molecule has 1 N–H and O–H groups in total. The Bertz CT molecular complexity index is 905. The van der Waals surface area contributed by atoms with E-state index in [2.05, 4.69) is 16.3 Å². The largest absolute Gasteiger partial charge is 0.322 e. The quantitative estimate of drug-likeness (QED) is 0.230. The first-order chi connectivity index (χ1) is 17.6. The van der Waals surface area contributed by atoms with Crippen LogP contribution in [0.25, 0.3) is 0 Å². The van der Waals surface area contributed by atoms with E-state index < -0.39 is 11.9 Å². The maximum absolute atomic E-state index is 13.1. The van der Waals surface area contributed by atoms with Crippen molar-refractivity contribution in [2.45, 2.75) is 101 Å². The number of carbonyl (C=O) groups excluding carboxylic acids is 3. The Morgan fingerprint density at radius 3 is 2.61 bits per heavy atom. The number of carbonyl (C=O) groups is 3. The smallest absolute Gasteiger partial charge is 0.255 e. The number of nitrogens with one attached hydrogen (secondary N) is 1. The third kappa shape index (κ3) is 6.52. The van der Waals surface area contributed by atoms with E-state index >= 15 is 0 Å². The number of rotatable bonds is 12. The molecule has 1 spiro atoms. The first-order valence-electron chi connectivity index (χ1n) is 14.1. The molecule has 6 nitrogen and oxygen atoms in total. The molecule has 4 rings (SSSR count). The lowest BCUT2D eigenvalue weighted by Crippen LogP contribution is -2.46. The second kappa shape index (κ2) is 13.1. The van der Waals surface area contributed by atoms with Crippen LogP contribution in [0.2, 0.25) is 0 Å². The molecule has 1 unspecified atom stereocenters. The molecule has 2 aliphatic heterocycles. The van der Waals surface area contributed by atoms with Crippen molar-refractivity contribution in [2.75, 3.05) is 25.4 Å². The van der Waals surface area contributed by atoms with E-state index in [9.17, 15) is 14.4 Å². The number of piperidine rings is 1. The maximum atomic E-state index is 13.1. The zero-order chi connectivity index (χ0) is 25.4. The van der Waals surface area contributed by atoms with Gasteiger partial charge in [-0.15, -0.1) is 11.8 Å². The van der Waals surface area contributed by atoms with E-state index in [1.165, 1.54) is 83.8 Å². The normalized spacial score (nSPS) is 20.4. The third-order valence-corrected chi connectivity index (χ3v) is 9.79. The second-order valence-corrected chi connectivity index (χ2v) is 12.1. The summed E-state index contributed by atoms with van der Waals surface area (Å²) in [5, 5.41) is 2.24. The van der Waals surface area contributed by atoms with Gasteiger partial charge in [-0.1, -0.05) is 45.1 Å². The average Bonchev–Trinajstić information content (AvgIpc) is 3.23. The molecule has 2 fully saturated rings. The number of unbranched alkanes of at least 4 members (excludes halogenated alkanes) is 2. The summed E-state index contributed by atoms with van der Waals surface area (Å²) in [7, 11) is 0. The minimum Gasteiger partial charge on any atom is -0.322 e. The molecule has 3 amide bonds. The highest BCUT2D eigenvalue weighted by Crippen LogP contribution is 2.44. The minimum atomic E-state index is -0.610. The number of nitrogens with zero attached hydrogens (tertiary/aromatic N) is 2. The Hall–Kier alpha value is -1.86. The van der Waals surface area contributed by atoms with Gasteiger partial charge in [0.05, 0.1) is 0 Å². The Kier molecular flexibility index (Phi) is 9.88. The fraction of sp³-hybridized carbons (Fsp3) is 0.690. The number of thioether (sulfide) groups is 1. The van der Waals surface area contributed by atoms with Gasteiger partial charge in [0, 0.05) is 17.0 Å². The summed E-state index contributed by atoms with van der Waals surface area (Å²) < 4.78 is 0. The molecular weight excluding hydrogens is 470 g/mol. The number of benzene rings is 1. The van der Waals surface area contributed by atoms with Crippen LogP contribution in [0.3, 0.4) is 0 Å². The predicted octanol–water partition coefficient (Wildman–Crippen LogP) is 5.39. The Labute approximate surface area is 220 Å². The number of amides is 3. The van der Waals surface area contributed by atoms with Crippen LogP contribution in [-0.2, 0) is 16.1 Å². The lowest BCUT2D eigenvalue weighted by Gasteiger charge is -2.44. The first kappa shape index (κ1) is 27.2. The molecule has 1 saturated carbocycles. The van der Waals surface area contributed by atoms with Crippen LogP contribution in [0, 0.1) is 5.41 Å². The van der Waals surface area contributed by atoms with Gasteiger partial charge >= 0.3 is 0 Å². The molecule has 1 aromatic carbocycles. The molecule has 198 valence electrons. The third-order valence-electron chi connectivity index (χ3n) is 8.60. The molecular formula is C29H43N3O3S. The highest BCUT2D eigenvalue weighted by molar-refractivity contribution is 7.99. The number of hydrogen-bond acceptors (Lipinski definition) is 5. The minimum absolute atomic E-state index is 0.108. The Morgan fingerprint density at radius 2 is 1.89 bits per heavy atom. The molecule has 36 heavy (non-hydrogen) atoms.